The number of nitro groups is 1. The van der Waals surface area contributed by atoms with Gasteiger partial charge in [-0.25, -0.2) is 13.4 Å². The van der Waals surface area contributed by atoms with Crippen molar-refractivity contribution in [3.05, 3.63) is 39.4 Å². The van der Waals surface area contributed by atoms with E-state index in [0.29, 0.717) is 5.69 Å². The fraction of sp³-hybridized carbons (Fsp3) is 0.100. The van der Waals surface area contributed by atoms with E-state index in [2.05, 4.69) is 9.71 Å². The lowest BCUT2D eigenvalue weighted by Crippen LogP contribution is -2.14. The lowest BCUT2D eigenvalue weighted by atomic mass is 10.3. The largest absolute Gasteiger partial charge is 0.399 e. The molecule has 0 radical (unpaired) electrons. The van der Waals surface area contributed by atoms with Crippen molar-refractivity contribution in [3.8, 4) is 0 Å². The Kier molecular flexibility index (Phi) is 3.59. The van der Waals surface area contributed by atoms with E-state index in [1.165, 1.54) is 6.07 Å². The van der Waals surface area contributed by atoms with Gasteiger partial charge in [0.15, 0.2) is 10.0 Å². The Labute approximate surface area is 118 Å². The highest BCUT2D eigenvalue weighted by Gasteiger charge is 2.26. The molecular formula is C10H10N4O4S2. The van der Waals surface area contributed by atoms with Crippen LogP contribution < -0.4 is 10.5 Å². The van der Waals surface area contributed by atoms with Crippen LogP contribution in [0.5, 0.6) is 0 Å². The van der Waals surface area contributed by atoms with Gasteiger partial charge in [0.2, 0.25) is 0 Å². The lowest BCUT2D eigenvalue weighted by Gasteiger charge is -2.06. The summed E-state index contributed by atoms with van der Waals surface area (Å²) >= 11 is 1.09. The van der Waals surface area contributed by atoms with Crippen molar-refractivity contribution in [1.82, 2.24) is 4.98 Å². The minimum atomic E-state index is -4.09. The molecule has 0 aliphatic heterocycles. The number of rotatable bonds is 4. The zero-order valence-corrected chi connectivity index (χ0v) is 11.9. The molecule has 106 valence electrons. The van der Waals surface area contributed by atoms with Crippen molar-refractivity contribution in [2.45, 2.75) is 11.8 Å². The average molecular weight is 314 g/mol. The highest BCUT2D eigenvalue weighted by Crippen LogP contribution is 2.28. The van der Waals surface area contributed by atoms with E-state index in [0.717, 1.165) is 23.5 Å². The summed E-state index contributed by atoms with van der Waals surface area (Å²) in [5, 5.41) is 12.7. The molecule has 2 aromatic rings. The molecule has 8 nitrogen and oxygen atoms in total. The van der Waals surface area contributed by atoms with Crippen molar-refractivity contribution in [2.75, 3.05) is 10.5 Å². The van der Waals surface area contributed by atoms with E-state index in [4.69, 9.17) is 5.73 Å². The number of nitrogens with one attached hydrogen (secondary N) is 1. The highest BCUT2D eigenvalue weighted by atomic mass is 32.2. The quantitative estimate of drug-likeness (QED) is 0.502. The molecule has 0 bridgehead atoms. The summed E-state index contributed by atoms with van der Waals surface area (Å²) in [6, 6.07) is 3.38. The molecule has 0 atom stereocenters. The molecule has 20 heavy (non-hydrogen) atoms. The van der Waals surface area contributed by atoms with Gasteiger partial charge in [-0.05, 0) is 19.1 Å². The minimum Gasteiger partial charge on any atom is -0.399 e. The van der Waals surface area contributed by atoms with Crippen molar-refractivity contribution >= 4 is 37.9 Å². The number of anilines is 2. The van der Waals surface area contributed by atoms with E-state index in [1.54, 1.807) is 12.3 Å². The number of hydrogen-bond donors (Lipinski definition) is 2. The number of hydrogen-bond acceptors (Lipinski definition) is 7. The molecular weight excluding hydrogens is 304 g/mol. The first-order valence-corrected chi connectivity index (χ1v) is 7.65. The van der Waals surface area contributed by atoms with Gasteiger partial charge >= 0.3 is 0 Å². The predicted molar refractivity (Wildman–Crippen MR) is 75.2 cm³/mol. The summed E-state index contributed by atoms with van der Waals surface area (Å²) in [6.07, 6.45) is 0. The fourth-order valence-corrected chi connectivity index (χ4v) is 3.57. The third-order valence-electron chi connectivity index (χ3n) is 2.31. The Morgan fingerprint density at radius 3 is 2.70 bits per heavy atom. The van der Waals surface area contributed by atoms with Crippen LogP contribution in [0.2, 0.25) is 0 Å². The van der Waals surface area contributed by atoms with Gasteiger partial charge in [0.1, 0.15) is 0 Å². The standard InChI is InChI=1S/C10H10N4O4S2/c1-6-5-19-10(12-6)13-20(17,18)9-3-2-7(11)4-8(9)14(15)16/h2-5H,11H2,1H3,(H,12,13). The van der Waals surface area contributed by atoms with Gasteiger partial charge in [0, 0.05) is 17.1 Å². The second-order valence-corrected chi connectivity index (χ2v) is 6.39. The van der Waals surface area contributed by atoms with E-state index < -0.39 is 25.5 Å². The Bertz CT molecular complexity index is 769. The molecule has 0 amide bonds. The van der Waals surface area contributed by atoms with Gasteiger partial charge in [-0.1, -0.05) is 0 Å². The first-order valence-electron chi connectivity index (χ1n) is 5.28. The van der Waals surface area contributed by atoms with E-state index in [-0.39, 0.29) is 10.8 Å². The Morgan fingerprint density at radius 1 is 1.45 bits per heavy atom. The number of nitrogens with zero attached hydrogens (tertiary/aromatic N) is 2. The van der Waals surface area contributed by atoms with E-state index in [1.807, 2.05) is 0 Å². The molecule has 10 heteroatoms. The molecule has 0 unspecified atom stereocenters. The number of nitrogens with two attached hydrogens (primary N) is 1. The molecule has 2 rings (SSSR count). The number of sulfonamides is 1. The second kappa shape index (κ2) is 5.06. The monoisotopic (exact) mass is 314 g/mol. The van der Waals surface area contributed by atoms with Gasteiger partial charge in [0.05, 0.1) is 10.6 Å². The molecule has 3 N–H and O–H groups in total. The van der Waals surface area contributed by atoms with Crippen LogP contribution in [0.15, 0.2) is 28.5 Å². The van der Waals surface area contributed by atoms with Crippen molar-refractivity contribution in [1.29, 1.82) is 0 Å². The first kappa shape index (κ1) is 14.2. The summed E-state index contributed by atoms with van der Waals surface area (Å²) < 4.78 is 26.5. The maximum absolute atomic E-state index is 12.2. The molecule has 0 spiro atoms. The van der Waals surface area contributed by atoms with Crippen LogP contribution >= 0.6 is 11.3 Å². The normalized spacial score (nSPS) is 11.2. The van der Waals surface area contributed by atoms with E-state index in [9.17, 15) is 18.5 Å². The Hall–Kier alpha value is -2.20. The van der Waals surface area contributed by atoms with Crippen molar-refractivity contribution in [2.24, 2.45) is 0 Å². The number of nitrogen functional groups attached to an aromatic ring is 1. The molecule has 0 saturated heterocycles. The molecule has 1 aromatic carbocycles. The predicted octanol–water partition coefficient (Wildman–Crippen LogP) is 1.74. The van der Waals surface area contributed by atoms with Gasteiger partial charge in [-0.2, -0.15) is 0 Å². The van der Waals surface area contributed by atoms with E-state index >= 15 is 0 Å². The van der Waals surface area contributed by atoms with Crippen molar-refractivity contribution < 1.29 is 13.3 Å². The number of aryl methyl sites for hydroxylation is 1. The number of aromatic nitrogens is 1. The van der Waals surface area contributed by atoms with Gasteiger partial charge < -0.3 is 5.73 Å². The summed E-state index contributed by atoms with van der Waals surface area (Å²) in [6.45, 7) is 1.71. The van der Waals surface area contributed by atoms with Crippen LogP contribution in [-0.2, 0) is 10.0 Å². The van der Waals surface area contributed by atoms with Crippen LogP contribution in [0.25, 0.3) is 0 Å². The zero-order chi connectivity index (χ0) is 14.9. The third kappa shape index (κ3) is 2.86. The van der Waals surface area contributed by atoms with Gasteiger partial charge in [0.25, 0.3) is 15.7 Å². The first-order chi connectivity index (χ1) is 9.29. The van der Waals surface area contributed by atoms with Gasteiger partial charge in [-0.3, -0.25) is 14.8 Å². The third-order valence-corrected chi connectivity index (χ3v) is 4.70. The molecule has 1 aromatic heterocycles. The molecule has 1 heterocycles. The van der Waals surface area contributed by atoms with Crippen LogP contribution in [-0.4, -0.2) is 18.3 Å². The Balaban J connectivity index is 2.46. The molecule has 0 saturated carbocycles. The summed E-state index contributed by atoms with van der Waals surface area (Å²) in [7, 11) is -4.09. The number of nitro benzene ring substituents is 1. The Morgan fingerprint density at radius 2 is 2.15 bits per heavy atom. The highest BCUT2D eigenvalue weighted by molar-refractivity contribution is 7.93. The maximum atomic E-state index is 12.2. The smallest absolute Gasteiger partial charge is 0.291 e. The minimum absolute atomic E-state index is 0.112. The fourth-order valence-electron chi connectivity index (χ4n) is 1.48. The summed E-state index contributed by atoms with van der Waals surface area (Å²) in [5.74, 6) is 0. The zero-order valence-electron chi connectivity index (χ0n) is 10.2. The van der Waals surface area contributed by atoms with Crippen molar-refractivity contribution in [3.63, 3.8) is 0 Å². The van der Waals surface area contributed by atoms with Crippen LogP contribution in [0, 0.1) is 17.0 Å². The molecule has 0 fully saturated rings. The van der Waals surface area contributed by atoms with Crippen LogP contribution in [0.4, 0.5) is 16.5 Å². The SMILES string of the molecule is Cc1csc(NS(=O)(=O)c2ccc(N)cc2[N+](=O)[O-])n1. The number of benzene rings is 1. The van der Waals surface area contributed by atoms with Crippen LogP contribution in [0.3, 0.4) is 0 Å². The van der Waals surface area contributed by atoms with Crippen LogP contribution in [0.1, 0.15) is 5.69 Å². The topological polar surface area (TPSA) is 128 Å². The molecule has 0 aliphatic rings. The second-order valence-electron chi connectivity index (χ2n) is 3.88. The average Bonchev–Trinajstić information content (AvgIpc) is 2.73. The lowest BCUT2D eigenvalue weighted by molar-refractivity contribution is -0.387. The van der Waals surface area contributed by atoms with Gasteiger partial charge in [-0.15, -0.1) is 11.3 Å². The maximum Gasteiger partial charge on any atom is 0.291 e. The molecule has 0 aliphatic carbocycles. The summed E-state index contributed by atoms with van der Waals surface area (Å²) in [5.41, 5.74) is 5.62. The number of thiazole rings is 1. The summed E-state index contributed by atoms with van der Waals surface area (Å²) in [4.78, 5) is 13.6.